The zero-order valence-corrected chi connectivity index (χ0v) is 22.6. The minimum absolute atomic E-state index is 0.0795. The van der Waals surface area contributed by atoms with E-state index in [4.69, 9.17) is 16.3 Å². The van der Waals surface area contributed by atoms with Crippen molar-refractivity contribution in [3.05, 3.63) is 58.4 Å². The highest BCUT2D eigenvalue weighted by molar-refractivity contribution is 7.92. The predicted molar refractivity (Wildman–Crippen MR) is 135 cm³/mol. The van der Waals surface area contributed by atoms with Gasteiger partial charge in [-0.25, -0.2) is 26.4 Å². The Balaban J connectivity index is 1.55. The largest absolute Gasteiger partial charge is 0.449 e. The molecular weight excluding hydrogens is 545 g/mol. The molecule has 0 aromatic heterocycles. The van der Waals surface area contributed by atoms with Crippen LogP contribution >= 0.6 is 11.6 Å². The predicted octanol–water partition coefficient (Wildman–Crippen LogP) is 5.82. The van der Waals surface area contributed by atoms with Gasteiger partial charge in [0.05, 0.1) is 21.8 Å². The third-order valence-electron chi connectivity index (χ3n) is 7.02. The summed E-state index contributed by atoms with van der Waals surface area (Å²) >= 11 is 6.25. The average Bonchev–Trinajstić information content (AvgIpc) is 3.04. The molecule has 2 heterocycles. The number of ether oxygens (including phenoxy) is 1. The van der Waals surface area contributed by atoms with Crippen LogP contribution in [0.2, 0.25) is 5.02 Å². The highest BCUT2D eigenvalue weighted by Gasteiger charge is 2.51. The SMILES string of the molecule is CC(C)COC(=O)N1C2CC(S(=O)(=O)c3cc(C(=O)Nc4cc(F)c(F)c(F)c4)ccc3Cl)C[C@@H]1[C@@H](C)C2. The van der Waals surface area contributed by atoms with Crippen LogP contribution in [0.15, 0.2) is 35.2 Å². The number of sulfone groups is 1. The Kier molecular flexibility index (Phi) is 7.99. The van der Waals surface area contributed by atoms with Crippen LogP contribution in [0, 0.1) is 29.3 Å². The number of hydrogen-bond acceptors (Lipinski definition) is 5. The van der Waals surface area contributed by atoms with Crippen LogP contribution in [0.3, 0.4) is 0 Å². The molecule has 2 aromatic carbocycles. The Labute approximate surface area is 224 Å². The molecule has 2 aliphatic heterocycles. The van der Waals surface area contributed by atoms with Gasteiger partial charge in [-0.05, 0) is 49.3 Å². The Bertz CT molecular complexity index is 1350. The van der Waals surface area contributed by atoms with Gasteiger partial charge in [0.1, 0.15) is 0 Å². The van der Waals surface area contributed by atoms with E-state index in [2.05, 4.69) is 5.32 Å². The van der Waals surface area contributed by atoms with Gasteiger partial charge in [0.15, 0.2) is 27.3 Å². The lowest BCUT2D eigenvalue weighted by Crippen LogP contribution is -2.50. The number of rotatable bonds is 6. The van der Waals surface area contributed by atoms with Crippen molar-refractivity contribution < 1.29 is 35.9 Å². The van der Waals surface area contributed by atoms with E-state index in [1.807, 2.05) is 20.8 Å². The highest BCUT2D eigenvalue weighted by atomic mass is 35.5. The van der Waals surface area contributed by atoms with Crippen molar-refractivity contribution in [3.8, 4) is 0 Å². The number of nitrogens with one attached hydrogen (secondary N) is 1. The molecule has 12 heteroatoms. The number of hydrogen-bond donors (Lipinski definition) is 1. The van der Waals surface area contributed by atoms with Gasteiger partial charge < -0.3 is 15.0 Å². The zero-order valence-electron chi connectivity index (χ0n) is 21.0. The Morgan fingerprint density at radius 3 is 2.37 bits per heavy atom. The molecule has 7 nitrogen and oxygen atoms in total. The molecule has 4 atom stereocenters. The van der Waals surface area contributed by atoms with Crippen LogP contribution in [0.25, 0.3) is 0 Å². The van der Waals surface area contributed by atoms with E-state index in [-0.39, 0.29) is 64.5 Å². The molecule has 1 N–H and O–H groups in total. The molecule has 0 spiro atoms. The summed E-state index contributed by atoms with van der Waals surface area (Å²) < 4.78 is 73.1. The Morgan fingerprint density at radius 1 is 1.11 bits per heavy atom. The summed E-state index contributed by atoms with van der Waals surface area (Å²) in [6, 6.07) is 4.23. The fraction of sp³-hybridized carbons (Fsp3) is 0.462. The van der Waals surface area contributed by atoms with Crippen LogP contribution in [0.1, 0.15) is 50.4 Å². The quantitative estimate of drug-likeness (QED) is 0.441. The van der Waals surface area contributed by atoms with Crippen molar-refractivity contribution in [3.63, 3.8) is 0 Å². The van der Waals surface area contributed by atoms with Crippen molar-refractivity contribution in [2.45, 2.75) is 62.3 Å². The molecule has 4 rings (SSSR count). The van der Waals surface area contributed by atoms with Crippen LogP contribution < -0.4 is 5.32 Å². The summed E-state index contributed by atoms with van der Waals surface area (Å²) in [6.07, 6.45) is 0.590. The van der Waals surface area contributed by atoms with Crippen LogP contribution in [0.5, 0.6) is 0 Å². The second-order valence-electron chi connectivity index (χ2n) is 10.3. The average molecular weight is 573 g/mol. The third kappa shape index (κ3) is 5.49. The maximum absolute atomic E-state index is 13.7. The number of benzene rings is 2. The molecule has 0 aliphatic carbocycles. The summed E-state index contributed by atoms with van der Waals surface area (Å²) in [5, 5.41) is 1.31. The molecule has 0 saturated carbocycles. The van der Waals surface area contributed by atoms with E-state index in [0.717, 1.165) is 6.07 Å². The number of anilines is 1. The van der Waals surface area contributed by atoms with Gasteiger partial charge in [-0.2, -0.15) is 0 Å². The van der Waals surface area contributed by atoms with Crippen LogP contribution in [-0.2, 0) is 14.6 Å². The first-order chi connectivity index (χ1) is 17.8. The van der Waals surface area contributed by atoms with Crippen LogP contribution in [-0.4, -0.2) is 49.3 Å². The van der Waals surface area contributed by atoms with Gasteiger partial charge in [-0.15, -0.1) is 0 Å². The number of amides is 2. The lowest BCUT2D eigenvalue weighted by molar-refractivity contribution is 0.0599. The molecule has 2 fully saturated rings. The van der Waals surface area contributed by atoms with Gasteiger partial charge in [0.25, 0.3) is 5.91 Å². The van der Waals surface area contributed by atoms with Crippen molar-refractivity contribution in [1.29, 1.82) is 0 Å². The molecule has 38 heavy (non-hydrogen) atoms. The minimum atomic E-state index is -4.03. The standard InChI is InChI=1S/C26H28ClF3N2O5S/c1-13(2)12-37-26(34)32-17-6-14(3)22(32)11-18(10-17)38(35,36)23-7-15(4-5-19(23)27)25(33)31-16-8-20(28)24(30)21(29)9-16/h4-5,7-9,13-14,17-18,22H,6,10-12H2,1-3H3,(H,31,33)/t14-,17?,18?,22+/m0/s1. The van der Waals surface area contributed by atoms with Gasteiger partial charge in [0.2, 0.25) is 0 Å². The maximum atomic E-state index is 13.7. The van der Waals surface area contributed by atoms with Crippen molar-refractivity contribution in [2.24, 2.45) is 11.8 Å². The molecule has 2 aliphatic rings. The van der Waals surface area contributed by atoms with Gasteiger partial charge in [0, 0.05) is 35.5 Å². The first kappa shape index (κ1) is 28.2. The number of fused-ring (bicyclic) bond motifs is 2. The van der Waals surface area contributed by atoms with Crippen LogP contribution in [0.4, 0.5) is 23.7 Å². The molecule has 2 saturated heterocycles. The molecule has 0 radical (unpaired) electrons. The molecule has 2 bridgehead atoms. The van der Waals surface area contributed by atoms with Crippen molar-refractivity contribution in [1.82, 2.24) is 4.90 Å². The van der Waals surface area contributed by atoms with Crippen molar-refractivity contribution >= 4 is 39.1 Å². The number of nitrogens with zero attached hydrogens (tertiary/aromatic N) is 1. The maximum Gasteiger partial charge on any atom is 0.410 e. The zero-order chi connectivity index (χ0) is 27.9. The number of piperidine rings is 1. The summed E-state index contributed by atoms with van der Waals surface area (Å²) in [6.45, 7) is 6.10. The van der Waals surface area contributed by atoms with E-state index in [0.29, 0.717) is 18.6 Å². The normalized spacial score (nSPS) is 23.0. The van der Waals surface area contributed by atoms with Gasteiger partial charge in [-0.1, -0.05) is 32.4 Å². The second kappa shape index (κ2) is 10.8. The summed E-state index contributed by atoms with van der Waals surface area (Å²) in [7, 11) is -4.03. The monoisotopic (exact) mass is 572 g/mol. The number of carbonyl (C=O) groups excluding carboxylic acids is 2. The van der Waals surface area contributed by atoms with Gasteiger partial charge >= 0.3 is 6.09 Å². The lowest BCUT2D eigenvalue weighted by atomic mass is 9.99. The summed E-state index contributed by atoms with van der Waals surface area (Å²) in [4.78, 5) is 26.9. The molecule has 206 valence electrons. The first-order valence-electron chi connectivity index (χ1n) is 12.2. The summed E-state index contributed by atoms with van der Waals surface area (Å²) in [5.41, 5.74) is -0.461. The fourth-order valence-electron chi connectivity index (χ4n) is 5.19. The van der Waals surface area contributed by atoms with Gasteiger partial charge in [-0.3, -0.25) is 4.79 Å². The molecule has 2 aromatic rings. The summed E-state index contributed by atoms with van der Waals surface area (Å²) in [5.74, 6) is -5.26. The molecular formula is C26H28ClF3N2O5S. The number of halogens is 4. The van der Waals surface area contributed by atoms with Crippen molar-refractivity contribution in [2.75, 3.05) is 11.9 Å². The Morgan fingerprint density at radius 2 is 1.76 bits per heavy atom. The van der Waals surface area contributed by atoms with E-state index >= 15 is 0 Å². The Hall–Kier alpha value is -2.79. The third-order valence-corrected chi connectivity index (χ3v) is 9.68. The van der Waals surface area contributed by atoms with E-state index in [1.165, 1.54) is 12.1 Å². The molecule has 2 unspecified atom stereocenters. The first-order valence-corrected chi connectivity index (χ1v) is 14.2. The topological polar surface area (TPSA) is 92.8 Å². The second-order valence-corrected chi connectivity index (χ2v) is 12.9. The highest BCUT2D eigenvalue weighted by Crippen LogP contribution is 2.44. The number of carbonyl (C=O) groups is 2. The van der Waals surface area contributed by atoms with E-state index < -0.39 is 44.5 Å². The molecule has 2 amide bonds. The lowest BCUT2D eigenvalue weighted by Gasteiger charge is -2.38. The smallest absolute Gasteiger partial charge is 0.410 e. The van der Waals surface area contributed by atoms with E-state index in [1.54, 1.807) is 4.90 Å². The minimum Gasteiger partial charge on any atom is -0.449 e. The fourth-order valence-corrected chi connectivity index (χ4v) is 7.55. The van der Waals surface area contributed by atoms with E-state index in [9.17, 15) is 31.2 Å².